The van der Waals surface area contributed by atoms with Crippen LogP contribution in [0.3, 0.4) is 0 Å². The first kappa shape index (κ1) is 14.0. The lowest BCUT2D eigenvalue weighted by Gasteiger charge is -2.29. The summed E-state index contributed by atoms with van der Waals surface area (Å²) in [5, 5.41) is 7.39. The smallest absolute Gasteiger partial charge is 0.258 e. The maximum Gasteiger partial charge on any atom is 0.258 e. The van der Waals surface area contributed by atoms with Gasteiger partial charge in [-0.1, -0.05) is 31.3 Å². The molecular formula is C16H22N4O. The van der Waals surface area contributed by atoms with Gasteiger partial charge in [0, 0.05) is 17.8 Å². The fourth-order valence-electron chi connectivity index (χ4n) is 3.06. The highest BCUT2D eigenvalue weighted by atomic mass is 16.5. The van der Waals surface area contributed by atoms with E-state index < -0.39 is 0 Å². The lowest BCUT2D eigenvalue weighted by atomic mass is 9.84. The zero-order chi connectivity index (χ0) is 14.7. The second-order valence-corrected chi connectivity index (χ2v) is 5.86. The summed E-state index contributed by atoms with van der Waals surface area (Å²) in [6.45, 7) is 4.10. The number of hydrogen-bond acceptors (Lipinski definition) is 5. The van der Waals surface area contributed by atoms with Gasteiger partial charge in [0.25, 0.3) is 5.89 Å². The van der Waals surface area contributed by atoms with Gasteiger partial charge in [-0.2, -0.15) is 4.98 Å². The molecule has 0 amide bonds. The molecule has 2 unspecified atom stereocenters. The van der Waals surface area contributed by atoms with Gasteiger partial charge in [0.1, 0.15) is 5.82 Å². The summed E-state index contributed by atoms with van der Waals surface area (Å²) < 4.78 is 5.21. The predicted octanol–water partition coefficient (Wildman–Crippen LogP) is 3.82. The van der Waals surface area contributed by atoms with Gasteiger partial charge in [0.2, 0.25) is 0 Å². The van der Waals surface area contributed by atoms with Gasteiger partial charge in [-0.3, -0.25) is 0 Å². The van der Waals surface area contributed by atoms with E-state index in [9.17, 15) is 0 Å². The van der Waals surface area contributed by atoms with E-state index in [1.165, 1.54) is 32.1 Å². The van der Waals surface area contributed by atoms with E-state index in [2.05, 4.69) is 27.4 Å². The van der Waals surface area contributed by atoms with Crippen molar-refractivity contribution in [3.63, 3.8) is 0 Å². The highest BCUT2D eigenvalue weighted by Gasteiger charge is 2.21. The van der Waals surface area contributed by atoms with E-state index in [1.807, 2.05) is 19.1 Å². The molecule has 1 N–H and O–H groups in total. The van der Waals surface area contributed by atoms with E-state index in [-0.39, 0.29) is 0 Å². The van der Waals surface area contributed by atoms with Gasteiger partial charge in [0.15, 0.2) is 5.82 Å². The first-order valence-electron chi connectivity index (χ1n) is 7.78. The molecule has 1 fully saturated rings. The number of aryl methyl sites for hydroxylation is 1. The molecule has 0 saturated heterocycles. The molecule has 2 aromatic rings. The maximum atomic E-state index is 5.21. The zero-order valence-electron chi connectivity index (χ0n) is 12.7. The monoisotopic (exact) mass is 286 g/mol. The van der Waals surface area contributed by atoms with Crippen LogP contribution in [0.2, 0.25) is 0 Å². The van der Waals surface area contributed by atoms with Gasteiger partial charge < -0.3 is 9.84 Å². The minimum absolute atomic E-state index is 0.524. The number of aromatic nitrogens is 3. The van der Waals surface area contributed by atoms with E-state index in [1.54, 1.807) is 6.20 Å². The largest absolute Gasteiger partial charge is 0.367 e. The lowest BCUT2D eigenvalue weighted by Crippen LogP contribution is -2.27. The van der Waals surface area contributed by atoms with Gasteiger partial charge in [-0.05, 0) is 37.8 Å². The number of anilines is 1. The molecule has 2 heterocycles. The minimum atomic E-state index is 0.524. The maximum absolute atomic E-state index is 5.21. The molecule has 2 atom stereocenters. The van der Waals surface area contributed by atoms with Crippen LogP contribution in [-0.2, 0) is 0 Å². The number of nitrogens with one attached hydrogen (secondary N) is 1. The molecule has 0 aromatic carbocycles. The van der Waals surface area contributed by atoms with E-state index >= 15 is 0 Å². The molecule has 21 heavy (non-hydrogen) atoms. The Morgan fingerprint density at radius 2 is 2.29 bits per heavy atom. The average molecular weight is 286 g/mol. The average Bonchev–Trinajstić information content (AvgIpc) is 2.94. The van der Waals surface area contributed by atoms with Crippen LogP contribution in [0.1, 0.15) is 44.9 Å². The minimum Gasteiger partial charge on any atom is -0.367 e. The molecule has 5 nitrogen and oxygen atoms in total. The molecular weight excluding hydrogens is 264 g/mol. The molecule has 1 saturated carbocycles. The van der Waals surface area contributed by atoms with Crippen molar-refractivity contribution in [1.29, 1.82) is 0 Å². The molecule has 0 bridgehead atoms. The first-order valence-corrected chi connectivity index (χ1v) is 7.78. The Kier molecular flexibility index (Phi) is 4.18. The number of nitrogens with zero attached hydrogens (tertiary/aromatic N) is 3. The van der Waals surface area contributed by atoms with Crippen molar-refractivity contribution in [2.75, 3.05) is 5.32 Å². The highest BCUT2D eigenvalue weighted by molar-refractivity contribution is 5.58. The molecule has 3 rings (SSSR count). The third-order valence-electron chi connectivity index (χ3n) is 4.25. The second kappa shape index (κ2) is 6.24. The Balaban J connectivity index is 1.71. The van der Waals surface area contributed by atoms with Crippen molar-refractivity contribution in [3.8, 4) is 11.5 Å². The lowest BCUT2D eigenvalue weighted by molar-refractivity contribution is 0.327. The number of rotatable bonds is 4. The second-order valence-electron chi connectivity index (χ2n) is 5.86. The van der Waals surface area contributed by atoms with Crippen LogP contribution in [0.15, 0.2) is 22.9 Å². The van der Waals surface area contributed by atoms with Crippen molar-refractivity contribution in [3.05, 3.63) is 24.2 Å². The van der Waals surface area contributed by atoms with Crippen molar-refractivity contribution in [1.82, 2.24) is 15.1 Å². The van der Waals surface area contributed by atoms with Crippen LogP contribution in [0, 0.1) is 12.8 Å². The van der Waals surface area contributed by atoms with Crippen LogP contribution < -0.4 is 5.32 Å². The van der Waals surface area contributed by atoms with Crippen molar-refractivity contribution < 1.29 is 4.52 Å². The van der Waals surface area contributed by atoms with Crippen LogP contribution in [0.4, 0.5) is 5.82 Å². The number of hydrogen-bond donors (Lipinski definition) is 1. The SMILES string of the molecule is CCC1CCCC(Nc2cc(-c3nc(C)no3)ccn2)C1. The van der Waals surface area contributed by atoms with E-state index in [0.29, 0.717) is 17.8 Å². The van der Waals surface area contributed by atoms with Gasteiger partial charge in [-0.15, -0.1) is 0 Å². The summed E-state index contributed by atoms with van der Waals surface area (Å²) in [6, 6.07) is 4.41. The molecule has 1 aliphatic rings. The third-order valence-corrected chi connectivity index (χ3v) is 4.25. The molecule has 5 heteroatoms. The number of pyridine rings is 1. The Hall–Kier alpha value is -1.91. The highest BCUT2D eigenvalue weighted by Crippen LogP contribution is 2.29. The molecule has 1 aliphatic carbocycles. The first-order chi connectivity index (χ1) is 10.2. The Morgan fingerprint density at radius 3 is 3.05 bits per heavy atom. The summed E-state index contributed by atoms with van der Waals surface area (Å²) in [6.07, 6.45) is 8.19. The summed E-state index contributed by atoms with van der Waals surface area (Å²) in [4.78, 5) is 8.68. The van der Waals surface area contributed by atoms with Crippen molar-refractivity contribution in [2.24, 2.45) is 5.92 Å². The standard InChI is InChI=1S/C16H22N4O/c1-3-12-5-4-6-14(9-12)19-15-10-13(7-8-17-15)16-18-11(2)20-21-16/h7-8,10,12,14H,3-6,9H2,1-2H3,(H,17,19). The normalized spacial score (nSPS) is 22.2. The van der Waals surface area contributed by atoms with Crippen LogP contribution in [0.5, 0.6) is 0 Å². The van der Waals surface area contributed by atoms with E-state index in [0.717, 1.165) is 17.3 Å². The quantitative estimate of drug-likeness (QED) is 0.925. The summed E-state index contributed by atoms with van der Waals surface area (Å²) in [5.41, 5.74) is 0.913. The van der Waals surface area contributed by atoms with Crippen LogP contribution >= 0.6 is 0 Å². The topological polar surface area (TPSA) is 63.8 Å². The predicted molar refractivity (Wildman–Crippen MR) is 81.9 cm³/mol. The molecule has 112 valence electrons. The summed E-state index contributed by atoms with van der Waals surface area (Å²) in [5.74, 6) is 2.94. The summed E-state index contributed by atoms with van der Waals surface area (Å²) >= 11 is 0. The molecule has 0 spiro atoms. The fraction of sp³-hybridized carbons (Fsp3) is 0.562. The van der Waals surface area contributed by atoms with E-state index in [4.69, 9.17) is 4.52 Å². The van der Waals surface area contributed by atoms with Crippen molar-refractivity contribution in [2.45, 2.75) is 52.0 Å². The Bertz CT molecular complexity index is 595. The Morgan fingerprint density at radius 1 is 1.38 bits per heavy atom. The van der Waals surface area contributed by atoms with Gasteiger partial charge >= 0.3 is 0 Å². The van der Waals surface area contributed by atoms with Crippen molar-refractivity contribution >= 4 is 5.82 Å². The molecule has 0 radical (unpaired) electrons. The molecule has 2 aromatic heterocycles. The fourth-order valence-corrected chi connectivity index (χ4v) is 3.06. The van der Waals surface area contributed by atoms with Gasteiger partial charge in [0.05, 0.1) is 0 Å². The van der Waals surface area contributed by atoms with Crippen LogP contribution in [-0.4, -0.2) is 21.2 Å². The van der Waals surface area contributed by atoms with Gasteiger partial charge in [-0.25, -0.2) is 4.98 Å². The summed E-state index contributed by atoms with van der Waals surface area (Å²) in [7, 11) is 0. The molecule has 0 aliphatic heterocycles. The zero-order valence-corrected chi connectivity index (χ0v) is 12.7. The Labute approximate surface area is 125 Å². The third kappa shape index (κ3) is 3.40. The van der Waals surface area contributed by atoms with Crippen LogP contribution in [0.25, 0.3) is 11.5 Å².